The van der Waals surface area contributed by atoms with Crippen LogP contribution in [-0.2, 0) is 0 Å². The topological polar surface area (TPSA) is 57.0 Å². The maximum atomic E-state index is 6.50. The lowest BCUT2D eigenvalue weighted by molar-refractivity contribution is 0.653. The van der Waals surface area contributed by atoms with Gasteiger partial charge in [0.2, 0.25) is 5.71 Å². The van der Waals surface area contributed by atoms with Crippen LogP contribution in [0.1, 0.15) is 0 Å². The Balaban J connectivity index is 1.03. The molecule has 0 amide bonds. The molecule has 0 fully saturated rings. The highest BCUT2D eigenvalue weighted by Crippen LogP contribution is 2.42. The van der Waals surface area contributed by atoms with Gasteiger partial charge in [0, 0.05) is 43.7 Å². The summed E-state index contributed by atoms with van der Waals surface area (Å²) >= 11 is 0. The molecule has 57 heavy (non-hydrogen) atoms. The molecule has 0 spiro atoms. The van der Waals surface area contributed by atoms with E-state index in [2.05, 4.69) is 138 Å². The Labute approximate surface area is 326 Å². The monoisotopic (exact) mass is 729 g/mol. The van der Waals surface area contributed by atoms with Gasteiger partial charge in [0.1, 0.15) is 28.0 Å². The smallest absolute Gasteiger partial charge is 0.246 e. The second kappa shape index (κ2) is 12.4. The first kappa shape index (κ1) is 31.6. The first-order valence-electron chi connectivity index (χ1n) is 19.1. The lowest BCUT2D eigenvalue weighted by atomic mass is 9.99. The van der Waals surface area contributed by atoms with Gasteiger partial charge in [-0.05, 0) is 76.9 Å². The molecule has 0 saturated carbocycles. The van der Waals surface area contributed by atoms with E-state index >= 15 is 0 Å². The van der Waals surface area contributed by atoms with Gasteiger partial charge < -0.3 is 13.4 Å². The van der Waals surface area contributed by atoms with Crippen LogP contribution in [0.3, 0.4) is 0 Å². The van der Waals surface area contributed by atoms with Gasteiger partial charge in [0.15, 0.2) is 0 Å². The summed E-state index contributed by atoms with van der Waals surface area (Å²) in [6.45, 7) is 0. The molecule has 0 bridgehead atoms. The molecule has 0 unspecified atom stereocenters. The first-order valence-corrected chi connectivity index (χ1v) is 19.1. The summed E-state index contributed by atoms with van der Waals surface area (Å²) in [5.74, 6) is 0. The van der Waals surface area contributed by atoms with E-state index in [9.17, 15) is 0 Å². The highest BCUT2D eigenvalue weighted by atomic mass is 16.3. The van der Waals surface area contributed by atoms with Crippen LogP contribution in [0.4, 0.5) is 0 Å². The molecule has 0 aliphatic heterocycles. The molecule has 12 rings (SSSR count). The van der Waals surface area contributed by atoms with Crippen molar-refractivity contribution in [2.45, 2.75) is 0 Å². The lowest BCUT2D eigenvalue weighted by Gasteiger charge is -2.11. The molecule has 8 aromatic carbocycles. The van der Waals surface area contributed by atoms with Gasteiger partial charge in [-0.3, -0.25) is 0 Å². The van der Waals surface area contributed by atoms with Gasteiger partial charge in [0.05, 0.1) is 16.7 Å². The molecule has 0 N–H and O–H groups in total. The van der Waals surface area contributed by atoms with Crippen molar-refractivity contribution in [1.82, 2.24) is 14.5 Å². The average Bonchev–Trinajstić information content (AvgIpc) is 3.95. The molecule has 5 heteroatoms. The third-order valence-corrected chi connectivity index (χ3v) is 11.2. The molecule has 0 atom stereocenters. The van der Waals surface area contributed by atoms with Crippen LogP contribution in [-0.4, -0.2) is 14.5 Å². The fourth-order valence-electron chi connectivity index (χ4n) is 8.60. The van der Waals surface area contributed by atoms with Crippen molar-refractivity contribution in [3.8, 4) is 50.5 Å². The normalized spacial score (nSPS) is 11.9. The summed E-state index contributed by atoms with van der Waals surface area (Å²) < 4.78 is 15.1. The van der Waals surface area contributed by atoms with Gasteiger partial charge >= 0.3 is 0 Å². The van der Waals surface area contributed by atoms with Crippen LogP contribution < -0.4 is 0 Å². The Hall–Kier alpha value is -7.76. The van der Waals surface area contributed by atoms with E-state index in [1.807, 2.05) is 54.6 Å². The standard InChI is InChI=1S/C52H31N3O2/c1-3-13-32(14-4-1)34-17-11-18-37(29-34)55-43-22-9-7-19-38(43)41-30-35(25-27-44(41)55)36-26-28-46-42(31-36)51-52(57-46)54-50(49(53-51)33-15-5-2-6-16-33)40-21-12-24-47-48(40)39-20-8-10-23-45(39)56-47/h1-31H. The zero-order valence-electron chi connectivity index (χ0n) is 30.6. The molecule has 5 nitrogen and oxygen atoms in total. The summed E-state index contributed by atoms with van der Waals surface area (Å²) in [5.41, 5.74) is 15.1. The maximum Gasteiger partial charge on any atom is 0.246 e. The second-order valence-electron chi connectivity index (χ2n) is 14.5. The van der Waals surface area contributed by atoms with Gasteiger partial charge in [-0.1, -0.05) is 133 Å². The third-order valence-electron chi connectivity index (χ3n) is 11.2. The quantitative estimate of drug-likeness (QED) is 0.177. The Bertz CT molecular complexity index is 3520. The fourth-order valence-corrected chi connectivity index (χ4v) is 8.60. The Morgan fingerprint density at radius 1 is 0.368 bits per heavy atom. The van der Waals surface area contributed by atoms with Crippen LogP contribution in [0, 0.1) is 0 Å². The van der Waals surface area contributed by atoms with E-state index in [0.717, 1.165) is 83.3 Å². The number of nitrogens with zero attached hydrogens (tertiary/aromatic N) is 3. The van der Waals surface area contributed by atoms with Crippen molar-refractivity contribution in [1.29, 1.82) is 0 Å². The van der Waals surface area contributed by atoms with Gasteiger partial charge in [0.25, 0.3) is 0 Å². The second-order valence-corrected chi connectivity index (χ2v) is 14.5. The van der Waals surface area contributed by atoms with Crippen LogP contribution in [0.25, 0.3) is 116 Å². The minimum Gasteiger partial charge on any atom is -0.456 e. The molecule has 12 aromatic rings. The summed E-state index contributed by atoms with van der Waals surface area (Å²) in [5, 5.41) is 5.38. The van der Waals surface area contributed by atoms with Crippen molar-refractivity contribution in [2.75, 3.05) is 0 Å². The fraction of sp³-hybridized carbons (Fsp3) is 0. The van der Waals surface area contributed by atoms with Crippen LogP contribution >= 0.6 is 0 Å². The molecule has 266 valence electrons. The molecule has 0 radical (unpaired) electrons. The predicted octanol–water partition coefficient (Wildman–Crippen LogP) is 14.0. The van der Waals surface area contributed by atoms with Crippen molar-refractivity contribution in [2.24, 2.45) is 0 Å². The van der Waals surface area contributed by atoms with Crippen molar-refractivity contribution in [3.63, 3.8) is 0 Å². The zero-order valence-corrected chi connectivity index (χ0v) is 30.6. The van der Waals surface area contributed by atoms with Crippen LogP contribution in [0.5, 0.6) is 0 Å². The van der Waals surface area contributed by atoms with E-state index in [1.165, 1.54) is 27.4 Å². The number of hydrogen-bond donors (Lipinski definition) is 0. The summed E-state index contributed by atoms with van der Waals surface area (Å²) in [4.78, 5) is 10.6. The molecular formula is C52H31N3O2. The molecule has 0 saturated heterocycles. The molecule has 4 aromatic heterocycles. The van der Waals surface area contributed by atoms with E-state index in [0.29, 0.717) is 5.71 Å². The largest absolute Gasteiger partial charge is 0.456 e. The summed E-state index contributed by atoms with van der Waals surface area (Å²) in [7, 11) is 0. The molecular weight excluding hydrogens is 699 g/mol. The van der Waals surface area contributed by atoms with Crippen molar-refractivity contribution < 1.29 is 8.83 Å². The Kier molecular flexibility index (Phi) is 6.86. The molecule has 0 aliphatic rings. The number of rotatable bonds is 5. The number of furan rings is 2. The number of hydrogen-bond acceptors (Lipinski definition) is 4. The lowest BCUT2D eigenvalue weighted by Crippen LogP contribution is -1.94. The number of fused-ring (bicyclic) bond motifs is 9. The minimum atomic E-state index is 0.498. The highest BCUT2D eigenvalue weighted by Gasteiger charge is 2.22. The van der Waals surface area contributed by atoms with E-state index in [4.69, 9.17) is 18.8 Å². The van der Waals surface area contributed by atoms with Gasteiger partial charge in [-0.15, -0.1) is 0 Å². The number of para-hydroxylation sites is 2. The van der Waals surface area contributed by atoms with E-state index in [1.54, 1.807) is 0 Å². The van der Waals surface area contributed by atoms with Crippen LogP contribution in [0.15, 0.2) is 197 Å². The van der Waals surface area contributed by atoms with Crippen molar-refractivity contribution >= 4 is 65.9 Å². The van der Waals surface area contributed by atoms with Crippen LogP contribution in [0.2, 0.25) is 0 Å². The highest BCUT2D eigenvalue weighted by molar-refractivity contribution is 6.14. The van der Waals surface area contributed by atoms with Gasteiger partial charge in [-0.2, -0.15) is 0 Å². The number of aromatic nitrogens is 3. The van der Waals surface area contributed by atoms with Gasteiger partial charge in [-0.25, -0.2) is 9.97 Å². The minimum absolute atomic E-state index is 0.498. The molecule has 4 heterocycles. The number of benzene rings is 8. The van der Waals surface area contributed by atoms with E-state index in [-0.39, 0.29) is 0 Å². The summed E-state index contributed by atoms with van der Waals surface area (Å²) in [6, 6.07) is 65.7. The predicted molar refractivity (Wildman–Crippen MR) is 233 cm³/mol. The first-order chi connectivity index (χ1) is 28.2. The third kappa shape index (κ3) is 4.96. The van der Waals surface area contributed by atoms with Crippen molar-refractivity contribution in [3.05, 3.63) is 188 Å². The summed E-state index contributed by atoms with van der Waals surface area (Å²) in [6.07, 6.45) is 0. The molecule has 0 aliphatic carbocycles. The zero-order chi connectivity index (χ0) is 37.5. The Morgan fingerprint density at radius 2 is 1.00 bits per heavy atom. The maximum absolute atomic E-state index is 6.50. The Morgan fingerprint density at radius 3 is 1.86 bits per heavy atom. The average molecular weight is 730 g/mol. The SMILES string of the molecule is c1ccc(-c2cccc(-n3c4ccccc4c4cc(-c5ccc6oc7nc(-c8cccc9oc%10ccccc%10c89)c(-c8ccccc8)nc7c6c5)ccc43)c2)cc1. The van der Waals surface area contributed by atoms with E-state index < -0.39 is 0 Å².